The minimum absolute atomic E-state index is 0.362. The lowest BCUT2D eigenvalue weighted by Gasteiger charge is -2.08. The molecule has 0 radical (unpaired) electrons. The van der Waals surface area contributed by atoms with Crippen molar-refractivity contribution in [3.05, 3.63) is 35.2 Å². The number of halogens is 3. The van der Waals surface area contributed by atoms with E-state index in [1.807, 2.05) is 0 Å². The zero-order valence-electron chi connectivity index (χ0n) is 6.39. The minimum Gasteiger partial charge on any atom is -0.238 e. The van der Waals surface area contributed by atoms with E-state index >= 15 is 0 Å². The maximum Gasteiger partial charge on any atom is 0.407 e. The molecule has 0 spiro atoms. The summed E-state index contributed by atoms with van der Waals surface area (Å²) in [5.74, 6) is 0. The average molecular weight is 203 g/mol. The third kappa shape index (κ3) is 2.19. The third-order valence-electron chi connectivity index (χ3n) is 1.45. The fourth-order valence-corrected chi connectivity index (χ4v) is 1.14. The van der Waals surface area contributed by atoms with Crippen LogP contribution < -0.4 is 5.30 Å². The van der Waals surface area contributed by atoms with E-state index in [1.54, 1.807) is 0 Å². The van der Waals surface area contributed by atoms with Crippen molar-refractivity contribution in [2.24, 2.45) is 0 Å². The van der Waals surface area contributed by atoms with Gasteiger partial charge in [-0.2, -0.15) is 13.2 Å². The van der Waals surface area contributed by atoms with Gasteiger partial charge in [-0.05, 0) is 5.30 Å². The second-order valence-electron chi connectivity index (χ2n) is 2.39. The highest BCUT2D eigenvalue weighted by Crippen LogP contribution is 2.35. The molecule has 1 unspecified atom stereocenters. The van der Waals surface area contributed by atoms with Crippen LogP contribution in [0.5, 0.6) is 0 Å². The molecule has 0 amide bonds. The number of nitrogens with zero attached hydrogens (tertiary/aromatic N) is 1. The van der Waals surface area contributed by atoms with Gasteiger partial charge < -0.3 is 0 Å². The predicted molar refractivity (Wildman–Crippen MR) is 47.1 cm³/mol. The summed E-state index contributed by atoms with van der Waals surface area (Å²) in [5, 5.41) is 0.416. The lowest BCUT2D eigenvalue weighted by Crippen LogP contribution is -2.07. The van der Waals surface area contributed by atoms with Crippen LogP contribution in [-0.2, 0) is 6.18 Å². The fraction of sp³-hybridized carbons (Fsp3) is 0.125. The summed E-state index contributed by atoms with van der Waals surface area (Å²) >= 11 is 0. The Kier molecular flexibility index (Phi) is 2.58. The van der Waals surface area contributed by atoms with Crippen molar-refractivity contribution in [3.8, 4) is 0 Å². The van der Waals surface area contributed by atoms with E-state index in [2.05, 4.69) is 14.1 Å². The first-order chi connectivity index (χ1) is 5.95. The third-order valence-corrected chi connectivity index (χ3v) is 1.81. The van der Waals surface area contributed by atoms with Crippen molar-refractivity contribution in [1.29, 1.82) is 0 Å². The molecule has 1 atom stereocenters. The van der Waals surface area contributed by atoms with Crippen LogP contribution in [0.1, 0.15) is 5.56 Å². The van der Waals surface area contributed by atoms with E-state index in [0.717, 1.165) is 12.1 Å². The Morgan fingerprint density at radius 1 is 1.31 bits per heavy atom. The molecule has 0 aliphatic carbocycles. The van der Waals surface area contributed by atoms with E-state index in [4.69, 9.17) is 6.57 Å². The SMILES string of the molecule is [C-]#[N+]c1ccc(P)cc1C(F)(F)F. The number of benzene rings is 1. The van der Waals surface area contributed by atoms with Gasteiger partial charge in [-0.25, -0.2) is 4.85 Å². The molecule has 0 aromatic heterocycles. The molecule has 0 saturated heterocycles. The van der Waals surface area contributed by atoms with Crippen LogP contribution in [0.2, 0.25) is 0 Å². The first-order valence-corrected chi connectivity index (χ1v) is 3.87. The number of rotatable bonds is 0. The van der Waals surface area contributed by atoms with Gasteiger partial charge in [-0.3, -0.25) is 0 Å². The van der Waals surface area contributed by atoms with Gasteiger partial charge in [0.15, 0.2) is 5.69 Å². The van der Waals surface area contributed by atoms with E-state index < -0.39 is 11.7 Å². The average Bonchev–Trinajstić information content (AvgIpc) is 2.03. The summed E-state index contributed by atoms with van der Waals surface area (Å²) in [4.78, 5) is 2.80. The van der Waals surface area contributed by atoms with Gasteiger partial charge in [0, 0.05) is 0 Å². The molecule has 1 nitrogen and oxygen atoms in total. The molecular weight excluding hydrogens is 198 g/mol. The van der Waals surface area contributed by atoms with Gasteiger partial charge in [0.25, 0.3) is 0 Å². The molecule has 0 saturated carbocycles. The maximum atomic E-state index is 12.3. The van der Waals surface area contributed by atoms with Crippen LogP contribution >= 0.6 is 9.24 Å². The first kappa shape index (κ1) is 10.0. The van der Waals surface area contributed by atoms with Gasteiger partial charge in [0.1, 0.15) is 0 Å². The molecule has 68 valence electrons. The van der Waals surface area contributed by atoms with Gasteiger partial charge in [0.2, 0.25) is 0 Å². The van der Waals surface area contributed by atoms with Crippen LogP contribution in [0.25, 0.3) is 4.85 Å². The van der Waals surface area contributed by atoms with Crippen molar-refractivity contribution in [2.75, 3.05) is 0 Å². The molecule has 1 rings (SSSR count). The summed E-state index contributed by atoms with van der Waals surface area (Å²) in [6.07, 6.45) is -4.45. The summed E-state index contributed by atoms with van der Waals surface area (Å²) in [7, 11) is 2.16. The van der Waals surface area contributed by atoms with Crippen LogP contribution in [-0.4, -0.2) is 0 Å². The van der Waals surface area contributed by atoms with Crippen LogP contribution in [0, 0.1) is 6.57 Å². The van der Waals surface area contributed by atoms with Gasteiger partial charge in [-0.1, -0.05) is 18.2 Å². The van der Waals surface area contributed by atoms with Crippen LogP contribution in [0.4, 0.5) is 18.9 Å². The monoisotopic (exact) mass is 203 g/mol. The highest BCUT2D eigenvalue weighted by atomic mass is 31.0. The van der Waals surface area contributed by atoms with Crippen molar-refractivity contribution in [3.63, 3.8) is 0 Å². The topological polar surface area (TPSA) is 4.36 Å². The molecule has 0 heterocycles. The van der Waals surface area contributed by atoms with Crippen LogP contribution in [0.3, 0.4) is 0 Å². The zero-order chi connectivity index (χ0) is 10.1. The second-order valence-corrected chi connectivity index (χ2v) is 3.05. The highest BCUT2D eigenvalue weighted by Gasteiger charge is 2.33. The Balaban J connectivity index is 3.35. The van der Waals surface area contributed by atoms with E-state index in [-0.39, 0.29) is 5.69 Å². The summed E-state index contributed by atoms with van der Waals surface area (Å²) in [6.45, 7) is 6.55. The standard InChI is InChI=1S/C8H5F3NP/c1-12-7-3-2-5(13)4-6(7)8(9,10)11/h2-4H,13H2. The number of hydrogen-bond donors (Lipinski definition) is 0. The molecule has 0 fully saturated rings. The van der Waals surface area contributed by atoms with Gasteiger partial charge in [0.05, 0.1) is 12.1 Å². The highest BCUT2D eigenvalue weighted by molar-refractivity contribution is 7.27. The van der Waals surface area contributed by atoms with Gasteiger partial charge >= 0.3 is 6.18 Å². The molecule has 0 bridgehead atoms. The fourth-order valence-electron chi connectivity index (χ4n) is 0.878. The molecule has 5 heteroatoms. The second kappa shape index (κ2) is 3.35. The zero-order valence-corrected chi connectivity index (χ0v) is 7.55. The predicted octanol–water partition coefficient (Wildman–Crippen LogP) is 2.76. The van der Waals surface area contributed by atoms with Gasteiger partial charge in [-0.15, -0.1) is 9.24 Å². The Bertz CT molecular complexity index is 365. The minimum atomic E-state index is -4.45. The number of hydrogen-bond acceptors (Lipinski definition) is 0. The van der Waals surface area contributed by atoms with Crippen molar-refractivity contribution >= 4 is 20.2 Å². The largest absolute Gasteiger partial charge is 0.407 e. The Morgan fingerprint density at radius 2 is 1.92 bits per heavy atom. The molecular formula is C8H5F3NP. The van der Waals surface area contributed by atoms with Crippen molar-refractivity contribution in [1.82, 2.24) is 0 Å². The summed E-state index contributed by atoms with van der Waals surface area (Å²) in [5.41, 5.74) is -1.24. The Hall–Kier alpha value is -1.07. The smallest absolute Gasteiger partial charge is 0.238 e. The normalized spacial score (nSPS) is 11.0. The molecule has 1 aromatic carbocycles. The molecule has 0 N–H and O–H groups in total. The van der Waals surface area contributed by atoms with Crippen LogP contribution in [0.15, 0.2) is 18.2 Å². The molecule has 0 aliphatic heterocycles. The molecule has 1 aromatic rings. The quantitative estimate of drug-likeness (QED) is 0.451. The molecule has 0 aliphatic rings. The molecule has 13 heavy (non-hydrogen) atoms. The lowest BCUT2D eigenvalue weighted by molar-refractivity contribution is -0.136. The van der Waals surface area contributed by atoms with Crippen molar-refractivity contribution < 1.29 is 13.2 Å². The first-order valence-electron chi connectivity index (χ1n) is 3.29. The van der Waals surface area contributed by atoms with E-state index in [1.165, 1.54) is 6.07 Å². The summed E-state index contributed by atoms with van der Waals surface area (Å²) in [6, 6.07) is 3.56. The number of alkyl halides is 3. The maximum absolute atomic E-state index is 12.3. The Morgan fingerprint density at radius 3 is 2.38 bits per heavy atom. The van der Waals surface area contributed by atoms with E-state index in [9.17, 15) is 13.2 Å². The van der Waals surface area contributed by atoms with E-state index in [0.29, 0.717) is 5.30 Å². The van der Waals surface area contributed by atoms with Crippen molar-refractivity contribution in [2.45, 2.75) is 6.18 Å². The Labute approximate surface area is 75.6 Å². The summed E-state index contributed by atoms with van der Waals surface area (Å²) < 4.78 is 36.8. The lowest BCUT2D eigenvalue weighted by atomic mass is 10.2.